The SMILES string of the molecule is CCN(C)C(CNC)c1ccc(C(C)(C)C)cc1. The maximum atomic E-state index is 3.28. The summed E-state index contributed by atoms with van der Waals surface area (Å²) in [4.78, 5) is 2.38. The van der Waals surface area contributed by atoms with E-state index in [1.54, 1.807) is 0 Å². The van der Waals surface area contributed by atoms with Crippen LogP contribution in [0.2, 0.25) is 0 Å². The molecule has 0 spiro atoms. The lowest BCUT2D eigenvalue weighted by molar-refractivity contribution is 0.254. The molecule has 0 bridgehead atoms. The number of hydrogen-bond acceptors (Lipinski definition) is 2. The van der Waals surface area contributed by atoms with Crippen molar-refractivity contribution in [2.45, 2.75) is 39.2 Å². The molecule has 1 rings (SSSR count). The maximum Gasteiger partial charge on any atom is 0.0469 e. The second-order valence-corrected chi connectivity index (χ2v) is 6.02. The fourth-order valence-electron chi connectivity index (χ4n) is 2.15. The summed E-state index contributed by atoms with van der Waals surface area (Å²) in [6.07, 6.45) is 0. The molecular weight excluding hydrogens is 220 g/mol. The van der Waals surface area contributed by atoms with Crippen molar-refractivity contribution >= 4 is 0 Å². The van der Waals surface area contributed by atoms with E-state index in [1.807, 2.05) is 7.05 Å². The van der Waals surface area contributed by atoms with Crippen LogP contribution >= 0.6 is 0 Å². The molecule has 0 aliphatic rings. The van der Waals surface area contributed by atoms with Gasteiger partial charge in [-0.1, -0.05) is 52.0 Å². The monoisotopic (exact) mass is 248 g/mol. The molecule has 0 radical (unpaired) electrons. The number of nitrogens with zero attached hydrogens (tertiary/aromatic N) is 1. The summed E-state index contributed by atoms with van der Waals surface area (Å²) >= 11 is 0. The number of nitrogens with one attached hydrogen (secondary N) is 1. The van der Waals surface area contributed by atoms with E-state index in [-0.39, 0.29) is 5.41 Å². The van der Waals surface area contributed by atoms with Crippen molar-refractivity contribution in [2.24, 2.45) is 0 Å². The van der Waals surface area contributed by atoms with Crippen LogP contribution in [-0.4, -0.2) is 32.1 Å². The molecule has 1 aromatic rings. The first kappa shape index (κ1) is 15.2. The summed E-state index contributed by atoms with van der Waals surface area (Å²) in [6, 6.07) is 9.53. The highest BCUT2D eigenvalue weighted by molar-refractivity contribution is 5.29. The van der Waals surface area contributed by atoms with Crippen LogP contribution in [-0.2, 0) is 5.41 Å². The van der Waals surface area contributed by atoms with Crippen molar-refractivity contribution in [3.05, 3.63) is 35.4 Å². The molecule has 2 heteroatoms. The largest absolute Gasteiger partial charge is 0.318 e. The van der Waals surface area contributed by atoms with E-state index in [0.29, 0.717) is 6.04 Å². The Morgan fingerprint density at radius 2 is 1.72 bits per heavy atom. The Balaban J connectivity index is 2.93. The normalized spacial score (nSPS) is 13.9. The predicted molar refractivity (Wildman–Crippen MR) is 80.1 cm³/mol. The van der Waals surface area contributed by atoms with Gasteiger partial charge in [-0.05, 0) is 37.2 Å². The van der Waals surface area contributed by atoms with Crippen LogP contribution in [0.4, 0.5) is 0 Å². The summed E-state index contributed by atoms with van der Waals surface area (Å²) in [5.41, 5.74) is 3.02. The predicted octanol–water partition coefficient (Wildman–Crippen LogP) is 3.20. The molecular formula is C16H28N2. The van der Waals surface area contributed by atoms with Crippen LogP contribution in [0.3, 0.4) is 0 Å². The molecule has 0 fully saturated rings. The first-order valence-corrected chi connectivity index (χ1v) is 6.85. The van der Waals surface area contributed by atoms with Crippen molar-refractivity contribution in [1.29, 1.82) is 0 Å². The summed E-state index contributed by atoms with van der Waals surface area (Å²) in [5, 5.41) is 3.28. The van der Waals surface area contributed by atoms with Crippen molar-refractivity contribution in [3.63, 3.8) is 0 Å². The molecule has 18 heavy (non-hydrogen) atoms. The average molecular weight is 248 g/mol. The summed E-state index contributed by atoms with van der Waals surface area (Å²) in [5.74, 6) is 0. The van der Waals surface area contributed by atoms with E-state index in [4.69, 9.17) is 0 Å². The smallest absolute Gasteiger partial charge is 0.0469 e. The molecule has 0 saturated heterocycles. The van der Waals surface area contributed by atoms with Crippen LogP contribution in [0.1, 0.15) is 44.9 Å². The standard InChI is InChI=1S/C16H28N2/c1-7-18(6)15(12-17-5)13-8-10-14(11-9-13)16(2,3)4/h8-11,15,17H,7,12H2,1-6H3. The highest BCUT2D eigenvalue weighted by Crippen LogP contribution is 2.25. The van der Waals surface area contributed by atoms with Gasteiger partial charge in [0.05, 0.1) is 0 Å². The third kappa shape index (κ3) is 3.82. The zero-order chi connectivity index (χ0) is 13.8. The van der Waals surface area contributed by atoms with Gasteiger partial charge in [0.1, 0.15) is 0 Å². The van der Waals surface area contributed by atoms with Gasteiger partial charge in [-0.3, -0.25) is 4.90 Å². The molecule has 102 valence electrons. The van der Waals surface area contributed by atoms with Crippen molar-refractivity contribution in [1.82, 2.24) is 10.2 Å². The molecule has 1 aromatic carbocycles. The number of hydrogen-bond donors (Lipinski definition) is 1. The molecule has 0 aliphatic heterocycles. The van der Waals surface area contributed by atoms with Gasteiger partial charge in [-0.2, -0.15) is 0 Å². The molecule has 0 amide bonds. The van der Waals surface area contributed by atoms with E-state index >= 15 is 0 Å². The summed E-state index contributed by atoms with van der Waals surface area (Å²) < 4.78 is 0. The number of rotatable bonds is 5. The van der Waals surface area contributed by atoms with Gasteiger partial charge in [0.2, 0.25) is 0 Å². The van der Waals surface area contributed by atoms with E-state index in [0.717, 1.165) is 13.1 Å². The highest BCUT2D eigenvalue weighted by Gasteiger charge is 2.17. The number of benzene rings is 1. The zero-order valence-corrected chi connectivity index (χ0v) is 12.7. The van der Waals surface area contributed by atoms with Crippen LogP contribution in [0, 0.1) is 0 Å². The Kier molecular flexibility index (Phi) is 5.36. The molecule has 0 saturated carbocycles. The summed E-state index contributed by atoms with van der Waals surface area (Å²) in [7, 11) is 4.19. The van der Waals surface area contributed by atoms with Crippen LogP contribution in [0.15, 0.2) is 24.3 Å². The van der Waals surface area contributed by atoms with Crippen LogP contribution < -0.4 is 5.32 Å². The quantitative estimate of drug-likeness (QED) is 0.861. The Hall–Kier alpha value is -0.860. The minimum Gasteiger partial charge on any atom is -0.318 e. The van der Waals surface area contributed by atoms with Gasteiger partial charge in [0.25, 0.3) is 0 Å². The minimum absolute atomic E-state index is 0.230. The van der Waals surface area contributed by atoms with E-state index < -0.39 is 0 Å². The fraction of sp³-hybridized carbons (Fsp3) is 0.625. The average Bonchev–Trinajstić information content (AvgIpc) is 2.34. The molecule has 0 aliphatic carbocycles. The van der Waals surface area contributed by atoms with Crippen LogP contribution in [0.25, 0.3) is 0 Å². The van der Waals surface area contributed by atoms with E-state index in [2.05, 4.69) is 69.2 Å². The molecule has 1 N–H and O–H groups in total. The minimum atomic E-state index is 0.230. The van der Waals surface area contributed by atoms with Crippen molar-refractivity contribution < 1.29 is 0 Å². The lowest BCUT2D eigenvalue weighted by Crippen LogP contribution is -2.31. The fourth-order valence-corrected chi connectivity index (χ4v) is 2.15. The topological polar surface area (TPSA) is 15.3 Å². The Morgan fingerprint density at radius 1 is 1.17 bits per heavy atom. The lowest BCUT2D eigenvalue weighted by Gasteiger charge is -2.28. The molecule has 2 nitrogen and oxygen atoms in total. The third-order valence-electron chi connectivity index (χ3n) is 3.59. The third-order valence-corrected chi connectivity index (χ3v) is 3.59. The first-order chi connectivity index (χ1) is 8.40. The van der Waals surface area contributed by atoms with Gasteiger partial charge >= 0.3 is 0 Å². The highest BCUT2D eigenvalue weighted by atomic mass is 15.1. The Labute approximate surface area is 112 Å². The molecule has 1 unspecified atom stereocenters. The van der Waals surface area contributed by atoms with Gasteiger partial charge < -0.3 is 5.32 Å². The van der Waals surface area contributed by atoms with Gasteiger partial charge in [-0.15, -0.1) is 0 Å². The van der Waals surface area contributed by atoms with Gasteiger partial charge in [0.15, 0.2) is 0 Å². The summed E-state index contributed by atoms with van der Waals surface area (Å²) in [6.45, 7) is 11.0. The Morgan fingerprint density at radius 3 is 2.11 bits per heavy atom. The van der Waals surface area contributed by atoms with Gasteiger partial charge in [0, 0.05) is 12.6 Å². The van der Waals surface area contributed by atoms with Crippen molar-refractivity contribution in [2.75, 3.05) is 27.2 Å². The molecule has 0 aromatic heterocycles. The lowest BCUT2D eigenvalue weighted by atomic mass is 9.86. The van der Waals surface area contributed by atoms with E-state index in [9.17, 15) is 0 Å². The molecule has 0 heterocycles. The first-order valence-electron chi connectivity index (χ1n) is 6.85. The number of likely N-dealkylation sites (N-methyl/N-ethyl adjacent to an activating group) is 2. The van der Waals surface area contributed by atoms with Crippen molar-refractivity contribution in [3.8, 4) is 0 Å². The van der Waals surface area contributed by atoms with E-state index in [1.165, 1.54) is 11.1 Å². The second kappa shape index (κ2) is 6.35. The maximum absolute atomic E-state index is 3.28. The van der Waals surface area contributed by atoms with Crippen LogP contribution in [0.5, 0.6) is 0 Å². The Bertz CT molecular complexity index is 348. The van der Waals surface area contributed by atoms with Gasteiger partial charge in [-0.25, -0.2) is 0 Å². The molecule has 1 atom stereocenters. The zero-order valence-electron chi connectivity index (χ0n) is 12.7. The second-order valence-electron chi connectivity index (χ2n) is 6.02.